The van der Waals surface area contributed by atoms with Crippen LogP contribution in [0.25, 0.3) is 0 Å². The third-order valence-electron chi connectivity index (χ3n) is 3.17. The summed E-state index contributed by atoms with van der Waals surface area (Å²) in [7, 11) is 0. The fraction of sp³-hybridized carbons (Fsp3) is 0.188. The minimum Gasteiger partial charge on any atom is -0.492 e. The molecule has 0 saturated carbocycles. The maximum absolute atomic E-state index is 13.2. The van der Waals surface area contributed by atoms with Gasteiger partial charge in [0.05, 0.1) is 12.1 Å². The Morgan fingerprint density at radius 3 is 2.91 bits per heavy atom. The smallest absolute Gasteiger partial charge is 0.252 e. The van der Waals surface area contributed by atoms with Crippen molar-refractivity contribution >= 4 is 28.5 Å². The summed E-state index contributed by atoms with van der Waals surface area (Å²) in [5, 5.41) is 2.70. The van der Waals surface area contributed by atoms with Gasteiger partial charge in [-0.25, -0.2) is 4.39 Å². The second-order valence-electron chi connectivity index (χ2n) is 4.74. The van der Waals surface area contributed by atoms with Gasteiger partial charge in [0.1, 0.15) is 18.2 Å². The van der Waals surface area contributed by atoms with Gasteiger partial charge < -0.3 is 19.5 Å². The summed E-state index contributed by atoms with van der Waals surface area (Å²) in [4.78, 5) is 12.0. The van der Waals surface area contributed by atoms with E-state index in [9.17, 15) is 9.18 Å². The van der Waals surface area contributed by atoms with E-state index in [-0.39, 0.29) is 19.3 Å². The van der Waals surface area contributed by atoms with Gasteiger partial charge in [-0.15, -0.1) is 0 Å². The van der Waals surface area contributed by atoms with Gasteiger partial charge in [0.15, 0.2) is 11.5 Å². The Morgan fingerprint density at radius 1 is 1.22 bits per heavy atom. The molecule has 0 fully saturated rings. The maximum atomic E-state index is 13.2. The summed E-state index contributed by atoms with van der Waals surface area (Å²) in [5.74, 6) is 1.19. The van der Waals surface area contributed by atoms with Crippen molar-refractivity contribution in [2.75, 3.05) is 19.9 Å². The van der Waals surface area contributed by atoms with Crippen molar-refractivity contribution in [2.24, 2.45) is 0 Å². The second kappa shape index (κ2) is 7.03. The average Bonchev–Trinajstić information content (AvgIpc) is 3.01. The Kier molecular flexibility index (Phi) is 4.85. The van der Waals surface area contributed by atoms with E-state index < -0.39 is 5.82 Å². The summed E-state index contributed by atoms with van der Waals surface area (Å²) in [6.07, 6.45) is 0. The zero-order chi connectivity index (χ0) is 16.2. The highest BCUT2D eigenvalue weighted by atomic mass is 127. The van der Waals surface area contributed by atoms with Crippen LogP contribution in [0.3, 0.4) is 0 Å². The molecular weight excluding hydrogens is 416 g/mol. The molecule has 0 aliphatic carbocycles. The fourth-order valence-corrected chi connectivity index (χ4v) is 2.65. The molecule has 0 aromatic heterocycles. The Hall–Kier alpha value is -2.03. The Balaban J connectivity index is 1.50. The van der Waals surface area contributed by atoms with E-state index in [4.69, 9.17) is 14.2 Å². The predicted octanol–water partition coefficient (Wildman–Crippen LogP) is 2.97. The molecule has 120 valence electrons. The van der Waals surface area contributed by atoms with Crippen molar-refractivity contribution in [1.29, 1.82) is 0 Å². The highest BCUT2D eigenvalue weighted by Gasteiger charge is 2.14. The molecule has 5 nitrogen and oxygen atoms in total. The minimum atomic E-state index is -0.438. The molecule has 0 atom stereocenters. The summed E-state index contributed by atoms with van der Waals surface area (Å²) in [5.41, 5.74) is 0.314. The van der Waals surface area contributed by atoms with Crippen molar-refractivity contribution < 1.29 is 23.4 Å². The van der Waals surface area contributed by atoms with E-state index in [1.807, 2.05) is 22.6 Å². The van der Waals surface area contributed by atoms with Crippen molar-refractivity contribution in [3.63, 3.8) is 0 Å². The van der Waals surface area contributed by atoms with E-state index in [1.54, 1.807) is 24.3 Å². The van der Waals surface area contributed by atoms with Gasteiger partial charge >= 0.3 is 0 Å². The van der Waals surface area contributed by atoms with Crippen LogP contribution in [0.2, 0.25) is 0 Å². The van der Waals surface area contributed by atoms with Crippen LogP contribution >= 0.6 is 22.6 Å². The topological polar surface area (TPSA) is 56.8 Å². The molecule has 0 saturated heterocycles. The molecule has 2 aromatic rings. The molecule has 23 heavy (non-hydrogen) atoms. The molecule has 1 N–H and O–H groups in total. The number of amides is 1. The zero-order valence-electron chi connectivity index (χ0n) is 12.0. The van der Waals surface area contributed by atoms with E-state index in [0.29, 0.717) is 32.9 Å². The number of ether oxygens (including phenoxy) is 3. The highest BCUT2D eigenvalue weighted by molar-refractivity contribution is 14.1. The van der Waals surface area contributed by atoms with Crippen LogP contribution in [-0.2, 0) is 0 Å². The first-order valence-corrected chi connectivity index (χ1v) is 7.97. The first kappa shape index (κ1) is 15.9. The molecule has 1 aliphatic heterocycles. The minimum absolute atomic E-state index is 0.209. The van der Waals surface area contributed by atoms with E-state index >= 15 is 0 Å². The number of fused-ring (bicyclic) bond motifs is 1. The van der Waals surface area contributed by atoms with E-state index in [2.05, 4.69) is 5.32 Å². The standard InChI is InChI=1S/C16H13FINO4/c17-10-1-3-13(18)12(7-10)16(20)19-5-6-21-11-2-4-14-15(8-11)23-9-22-14/h1-4,7-8H,5-6,9H2,(H,19,20). The van der Waals surface area contributed by atoms with Gasteiger partial charge in [-0.1, -0.05) is 0 Å². The van der Waals surface area contributed by atoms with Gasteiger partial charge in [-0.3, -0.25) is 4.79 Å². The van der Waals surface area contributed by atoms with Crippen LogP contribution in [0.1, 0.15) is 10.4 Å². The molecule has 7 heteroatoms. The Labute approximate surface area is 145 Å². The van der Waals surface area contributed by atoms with Crippen LogP contribution in [0, 0.1) is 9.39 Å². The van der Waals surface area contributed by atoms with Gasteiger partial charge in [0, 0.05) is 9.64 Å². The van der Waals surface area contributed by atoms with E-state index in [0.717, 1.165) is 0 Å². The third-order valence-corrected chi connectivity index (χ3v) is 4.11. The number of carbonyl (C=O) groups excluding carboxylic acids is 1. The van der Waals surface area contributed by atoms with Crippen LogP contribution in [-0.4, -0.2) is 25.9 Å². The summed E-state index contributed by atoms with van der Waals surface area (Å²) in [6, 6.07) is 9.38. The van der Waals surface area contributed by atoms with Crippen molar-refractivity contribution in [3.8, 4) is 17.2 Å². The molecule has 1 aliphatic rings. The number of benzene rings is 2. The third kappa shape index (κ3) is 3.84. The molecule has 3 rings (SSSR count). The SMILES string of the molecule is O=C(NCCOc1ccc2c(c1)OCO2)c1cc(F)ccc1I. The monoisotopic (exact) mass is 429 g/mol. The normalized spacial score (nSPS) is 12.1. The van der Waals surface area contributed by atoms with Crippen LogP contribution in [0.5, 0.6) is 17.2 Å². The Morgan fingerprint density at radius 2 is 2.04 bits per heavy atom. The molecular formula is C16H13FINO4. The van der Waals surface area contributed by atoms with Crippen molar-refractivity contribution in [3.05, 3.63) is 51.3 Å². The van der Waals surface area contributed by atoms with Crippen LogP contribution < -0.4 is 19.5 Å². The number of nitrogens with one attached hydrogen (secondary N) is 1. The second-order valence-corrected chi connectivity index (χ2v) is 5.91. The number of rotatable bonds is 5. The summed E-state index contributed by atoms with van der Waals surface area (Å²) < 4.78 is 29.9. The molecule has 1 amide bonds. The number of hydrogen-bond acceptors (Lipinski definition) is 4. The number of hydrogen-bond donors (Lipinski definition) is 1. The van der Waals surface area contributed by atoms with Crippen LogP contribution in [0.4, 0.5) is 4.39 Å². The molecule has 0 bridgehead atoms. The number of halogens is 2. The lowest BCUT2D eigenvalue weighted by atomic mass is 10.2. The van der Waals surface area contributed by atoms with E-state index in [1.165, 1.54) is 12.1 Å². The molecule has 0 spiro atoms. The van der Waals surface area contributed by atoms with Gasteiger partial charge in [0.2, 0.25) is 6.79 Å². The van der Waals surface area contributed by atoms with Crippen molar-refractivity contribution in [2.45, 2.75) is 0 Å². The van der Waals surface area contributed by atoms with Gasteiger partial charge in [-0.2, -0.15) is 0 Å². The number of carbonyl (C=O) groups is 1. The molecule has 0 unspecified atom stereocenters. The van der Waals surface area contributed by atoms with Crippen molar-refractivity contribution in [1.82, 2.24) is 5.32 Å². The molecule has 1 heterocycles. The maximum Gasteiger partial charge on any atom is 0.252 e. The first-order valence-electron chi connectivity index (χ1n) is 6.89. The predicted molar refractivity (Wildman–Crippen MR) is 89.5 cm³/mol. The largest absolute Gasteiger partial charge is 0.492 e. The zero-order valence-corrected chi connectivity index (χ0v) is 14.1. The lowest BCUT2D eigenvalue weighted by Gasteiger charge is -2.09. The first-order chi connectivity index (χ1) is 11.1. The quantitative estimate of drug-likeness (QED) is 0.587. The molecule has 0 radical (unpaired) electrons. The fourth-order valence-electron chi connectivity index (χ4n) is 2.07. The van der Waals surface area contributed by atoms with Gasteiger partial charge in [-0.05, 0) is 52.9 Å². The van der Waals surface area contributed by atoms with Crippen LogP contribution in [0.15, 0.2) is 36.4 Å². The summed E-state index contributed by atoms with van der Waals surface area (Å²) >= 11 is 1.99. The Bertz CT molecular complexity index is 738. The lowest BCUT2D eigenvalue weighted by Crippen LogP contribution is -2.28. The van der Waals surface area contributed by atoms with Gasteiger partial charge in [0.25, 0.3) is 5.91 Å². The lowest BCUT2D eigenvalue weighted by molar-refractivity contribution is 0.0945. The highest BCUT2D eigenvalue weighted by Crippen LogP contribution is 2.34. The molecule has 2 aromatic carbocycles. The summed E-state index contributed by atoms with van der Waals surface area (Å²) in [6.45, 7) is 0.804. The average molecular weight is 429 g/mol.